The molecule has 0 aliphatic heterocycles. The second-order valence-electron chi connectivity index (χ2n) is 4.48. The summed E-state index contributed by atoms with van der Waals surface area (Å²) in [4.78, 5) is 11.5. The molecule has 2 aromatic carbocycles. The molecule has 102 valence electrons. The molecule has 3 heteroatoms. The van der Waals surface area contributed by atoms with E-state index in [1.165, 1.54) is 7.11 Å². The van der Waals surface area contributed by atoms with Crippen LogP contribution in [0.5, 0.6) is 0 Å². The van der Waals surface area contributed by atoms with Crippen LogP contribution in [0, 0.1) is 6.92 Å². The topological polar surface area (TPSA) is 26.3 Å². The van der Waals surface area contributed by atoms with Gasteiger partial charge in [0.25, 0.3) is 0 Å². The fourth-order valence-electron chi connectivity index (χ4n) is 1.84. The number of methoxy groups -OCH3 is 1. The first-order valence-electron chi connectivity index (χ1n) is 6.23. The zero-order valence-corrected chi connectivity index (χ0v) is 12.1. The van der Waals surface area contributed by atoms with Crippen molar-refractivity contribution in [1.82, 2.24) is 0 Å². The van der Waals surface area contributed by atoms with E-state index < -0.39 is 0 Å². The van der Waals surface area contributed by atoms with E-state index in [0.717, 1.165) is 16.7 Å². The molecule has 0 saturated carbocycles. The number of ether oxygens (including phenoxy) is 1. The van der Waals surface area contributed by atoms with Crippen LogP contribution in [0.2, 0.25) is 5.02 Å². The summed E-state index contributed by atoms with van der Waals surface area (Å²) in [5, 5.41) is 0.713. The average Bonchev–Trinajstić information content (AvgIpc) is 2.46. The smallest absolute Gasteiger partial charge is 0.337 e. The van der Waals surface area contributed by atoms with Crippen molar-refractivity contribution in [3.8, 4) is 0 Å². The van der Waals surface area contributed by atoms with Gasteiger partial charge in [-0.15, -0.1) is 0 Å². The summed E-state index contributed by atoms with van der Waals surface area (Å²) in [6.07, 6.45) is 3.85. The molecule has 0 aliphatic carbocycles. The van der Waals surface area contributed by atoms with Crippen molar-refractivity contribution in [2.24, 2.45) is 0 Å². The molecule has 0 heterocycles. The SMILES string of the molecule is COC(=O)c1cccc(/C=C/c2ccc(C)cc2Cl)c1. The maximum atomic E-state index is 11.5. The Hall–Kier alpha value is -2.06. The van der Waals surface area contributed by atoms with Crippen LogP contribution in [0.4, 0.5) is 0 Å². The van der Waals surface area contributed by atoms with Gasteiger partial charge in [-0.2, -0.15) is 0 Å². The van der Waals surface area contributed by atoms with Gasteiger partial charge < -0.3 is 4.74 Å². The highest BCUT2D eigenvalue weighted by Crippen LogP contribution is 2.20. The second-order valence-corrected chi connectivity index (χ2v) is 4.88. The molecule has 0 unspecified atom stereocenters. The first kappa shape index (κ1) is 14.4. The lowest BCUT2D eigenvalue weighted by molar-refractivity contribution is 0.0600. The van der Waals surface area contributed by atoms with Crippen molar-refractivity contribution in [3.63, 3.8) is 0 Å². The molecule has 20 heavy (non-hydrogen) atoms. The minimum atomic E-state index is -0.339. The van der Waals surface area contributed by atoms with Crippen molar-refractivity contribution in [2.45, 2.75) is 6.92 Å². The number of hydrogen-bond acceptors (Lipinski definition) is 2. The summed E-state index contributed by atoms with van der Waals surface area (Å²) >= 11 is 6.17. The van der Waals surface area contributed by atoms with Gasteiger partial charge in [-0.3, -0.25) is 0 Å². The highest BCUT2D eigenvalue weighted by Gasteiger charge is 2.04. The number of halogens is 1. The third-order valence-electron chi connectivity index (χ3n) is 2.92. The molecule has 0 N–H and O–H groups in total. The van der Waals surface area contributed by atoms with E-state index >= 15 is 0 Å². The maximum absolute atomic E-state index is 11.5. The van der Waals surface area contributed by atoms with Gasteiger partial charge in [-0.05, 0) is 41.8 Å². The van der Waals surface area contributed by atoms with Crippen molar-refractivity contribution in [1.29, 1.82) is 0 Å². The van der Waals surface area contributed by atoms with Gasteiger partial charge in [0.1, 0.15) is 0 Å². The molecule has 0 amide bonds. The molecule has 0 saturated heterocycles. The number of carbonyl (C=O) groups is 1. The van der Waals surface area contributed by atoms with Crippen LogP contribution in [-0.4, -0.2) is 13.1 Å². The Labute approximate surface area is 123 Å². The molecule has 0 radical (unpaired) electrons. The Kier molecular flexibility index (Phi) is 4.59. The lowest BCUT2D eigenvalue weighted by Gasteiger charge is -2.02. The summed E-state index contributed by atoms with van der Waals surface area (Å²) in [7, 11) is 1.37. The average molecular weight is 287 g/mol. The Morgan fingerprint density at radius 2 is 1.95 bits per heavy atom. The largest absolute Gasteiger partial charge is 0.465 e. The maximum Gasteiger partial charge on any atom is 0.337 e. The lowest BCUT2D eigenvalue weighted by Crippen LogP contribution is -2.00. The summed E-state index contributed by atoms with van der Waals surface area (Å²) in [5.41, 5.74) is 3.52. The molecule has 0 bridgehead atoms. The highest BCUT2D eigenvalue weighted by molar-refractivity contribution is 6.32. The molecule has 0 aliphatic rings. The van der Waals surface area contributed by atoms with Crippen LogP contribution in [0.1, 0.15) is 27.0 Å². The van der Waals surface area contributed by atoms with Crippen molar-refractivity contribution in [3.05, 3.63) is 69.7 Å². The van der Waals surface area contributed by atoms with Gasteiger partial charge in [0.15, 0.2) is 0 Å². The number of hydrogen-bond donors (Lipinski definition) is 0. The van der Waals surface area contributed by atoms with Gasteiger partial charge >= 0.3 is 5.97 Å². The molecule has 0 spiro atoms. The van der Waals surface area contributed by atoms with Gasteiger partial charge in [-0.25, -0.2) is 4.79 Å². The van der Waals surface area contributed by atoms with Gasteiger partial charge in [0, 0.05) is 5.02 Å². The van der Waals surface area contributed by atoms with E-state index in [2.05, 4.69) is 0 Å². The Balaban J connectivity index is 2.25. The Morgan fingerprint density at radius 3 is 2.65 bits per heavy atom. The molecule has 2 nitrogen and oxygen atoms in total. The number of rotatable bonds is 3. The van der Waals surface area contributed by atoms with Crippen LogP contribution in [0.25, 0.3) is 12.2 Å². The van der Waals surface area contributed by atoms with E-state index in [1.807, 2.05) is 49.4 Å². The van der Waals surface area contributed by atoms with Gasteiger partial charge in [-0.1, -0.05) is 48.0 Å². The van der Waals surface area contributed by atoms with E-state index in [-0.39, 0.29) is 5.97 Å². The van der Waals surface area contributed by atoms with Crippen LogP contribution in [-0.2, 0) is 4.74 Å². The number of esters is 1. The minimum absolute atomic E-state index is 0.339. The minimum Gasteiger partial charge on any atom is -0.465 e. The zero-order valence-electron chi connectivity index (χ0n) is 11.4. The van der Waals surface area contributed by atoms with E-state index in [4.69, 9.17) is 16.3 Å². The van der Waals surface area contributed by atoms with E-state index in [0.29, 0.717) is 10.6 Å². The molecular weight excluding hydrogens is 272 g/mol. The van der Waals surface area contributed by atoms with Crippen LogP contribution < -0.4 is 0 Å². The zero-order chi connectivity index (χ0) is 14.5. The number of aryl methyl sites for hydroxylation is 1. The molecule has 2 aromatic rings. The van der Waals surface area contributed by atoms with Crippen LogP contribution in [0.3, 0.4) is 0 Å². The summed E-state index contributed by atoms with van der Waals surface area (Å²) in [5.74, 6) is -0.339. The van der Waals surface area contributed by atoms with Crippen molar-refractivity contribution in [2.75, 3.05) is 7.11 Å². The monoisotopic (exact) mass is 286 g/mol. The van der Waals surface area contributed by atoms with E-state index in [1.54, 1.807) is 12.1 Å². The predicted molar refractivity (Wildman–Crippen MR) is 82.9 cm³/mol. The lowest BCUT2D eigenvalue weighted by atomic mass is 10.1. The first-order chi connectivity index (χ1) is 9.60. The standard InChI is InChI=1S/C17H15ClO2/c1-12-6-8-14(16(18)10-12)9-7-13-4-3-5-15(11-13)17(19)20-2/h3-11H,1-2H3/b9-7+. The quantitative estimate of drug-likeness (QED) is 0.608. The molecule has 0 fully saturated rings. The first-order valence-corrected chi connectivity index (χ1v) is 6.60. The Bertz CT molecular complexity index is 660. The van der Waals surface area contributed by atoms with Crippen molar-refractivity contribution >= 4 is 29.7 Å². The molecule has 2 rings (SSSR count). The number of benzene rings is 2. The molecule has 0 atom stereocenters. The van der Waals surface area contributed by atoms with Gasteiger partial charge in [0.05, 0.1) is 12.7 Å². The third-order valence-corrected chi connectivity index (χ3v) is 3.25. The summed E-state index contributed by atoms with van der Waals surface area (Å²) < 4.78 is 4.70. The molecule has 0 aromatic heterocycles. The van der Waals surface area contributed by atoms with E-state index in [9.17, 15) is 4.79 Å². The normalized spacial score (nSPS) is 10.8. The fourth-order valence-corrected chi connectivity index (χ4v) is 2.14. The van der Waals surface area contributed by atoms with Gasteiger partial charge in [0.2, 0.25) is 0 Å². The van der Waals surface area contributed by atoms with Crippen LogP contribution in [0.15, 0.2) is 42.5 Å². The second kappa shape index (κ2) is 6.40. The summed E-state index contributed by atoms with van der Waals surface area (Å²) in [6, 6.07) is 13.2. The van der Waals surface area contributed by atoms with Crippen LogP contribution >= 0.6 is 11.6 Å². The van der Waals surface area contributed by atoms with Crippen molar-refractivity contribution < 1.29 is 9.53 Å². The predicted octanol–water partition coefficient (Wildman–Crippen LogP) is 4.61. The number of carbonyl (C=O) groups excluding carboxylic acids is 1. The molecular formula is C17H15ClO2. The summed E-state index contributed by atoms with van der Waals surface area (Å²) in [6.45, 7) is 2.00. The third kappa shape index (κ3) is 3.49. The fraction of sp³-hybridized carbons (Fsp3) is 0.118. The Morgan fingerprint density at radius 1 is 1.15 bits per heavy atom. The highest BCUT2D eigenvalue weighted by atomic mass is 35.5.